The predicted octanol–water partition coefficient (Wildman–Crippen LogP) is 4.70. The van der Waals surface area contributed by atoms with Crippen LogP contribution in [0.15, 0.2) is 48.5 Å². The lowest BCUT2D eigenvalue weighted by Gasteiger charge is -2.29. The van der Waals surface area contributed by atoms with Crippen LogP contribution in [0.5, 0.6) is 0 Å². The highest BCUT2D eigenvalue weighted by atomic mass is 19.3. The van der Waals surface area contributed by atoms with Gasteiger partial charge in [-0.3, -0.25) is 4.79 Å². The van der Waals surface area contributed by atoms with Crippen LogP contribution in [0.25, 0.3) is 0 Å². The molecule has 1 aromatic carbocycles. The number of ether oxygens (including phenoxy) is 1. The van der Waals surface area contributed by atoms with Crippen molar-refractivity contribution in [2.45, 2.75) is 51.2 Å². The Kier molecular flexibility index (Phi) is 6.73. The SMILES string of the molecule is CC(F)(F)c1cccc(C(=O)NC2CCCC(COCc3ccccc3)C2)n1. The molecule has 2 atom stereocenters. The zero-order chi connectivity index (χ0) is 20.0. The number of hydrogen-bond donors (Lipinski definition) is 1. The number of benzene rings is 1. The molecule has 4 nitrogen and oxygen atoms in total. The first-order valence-electron chi connectivity index (χ1n) is 9.69. The van der Waals surface area contributed by atoms with E-state index in [0.29, 0.717) is 19.1 Å². The Hall–Kier alpha value is -2.34. The Labute approximate surface area is 164 Å². The maximum atomic E-state index is 13.4. The summed E-state index contributed by atoms with van der Waals surface area (Å²) < 4.78 is 32.7. The Bertz CT molecular complexity index is 778. The smallest absolute Gasteiger partial charge is 0.287 e. The van der Waals surface area contributed by atoms with E-state index < -0.39 is 17.5 Å². The minimum absolute atomic E-state index is 0.0131. The minimum atomic E-state index is -3.07. The van der Waals surface area contributed by atoms with E-state index in [1.54, 1.807) is 0 Å². The van der Waals surface area contributed by atoms with E-state index in [2.05, 4.69) is 10.3 Å². The summed E-state index contributed by atoms with van der Waals surface area (Å²) in [6.45, 7) is 2.01. The van der Waals surface area contributed by atoms with E-state index in [1.165, 1.54) is 18.2 Å². The quantitative estimate of drug-likeness (QED) is 0.748. The highest BCUT2D eigenvalue weighted by molar-refractivity contribution is 5.92. The monoisotopic (exact) mass is 388 g/mol. The van der Waals surface area contributed by atoms with Gasteiger partial charge in [0, 0.05) is 19.6 Å². The maximum Gasteiger partial charge on any atom is 0.287 e. The largest absolute Gasteiger partial charge is 0.376 e. The normalized spacial score (nSPS) is 20.0. The number of nitrogens with one attached hydrogen (secondary N) is 1. The van der Waals surface area contributed by atoms with Crippen LogP contribution in [0.2, 0.25) is 0 Å². The van der Waals surface area contributed by atoms with E-state index in [1.807, 2.05) is 30.3 Å². The summed E-state index contributed by atoms with van der Waals surface area (Å²) in [6, 6.07) is 14.2. The minimum Gasteiger partial charge on any atom is -0.376 e. The van der Waals surface area contributed by atoms with Crippen LogP contribution >= 0.6 is 0 Å². The van der Waals surface area contributed by atoms with Crippen LogP contribution in [-0.4, -0.2) is 23.5 Å². The van der Waals surface area contributed by atoms with Crippen molar-refractivity contribution in [1.82, 2.24) is 10.3 Å². The molecule has 0 spiro atoms. The number of aromatic nitrogens is 1. The number of carbonyl (C=O) groups excluding carboxylic acids is 1. The van der Waals surface area contributed by atoms with Gasteiger partial charge in [-0.1, -0.05) is 42.8 Å². The molecule has 3 rings (SSSR count). The molecule has 1 fully saturated rings. The van der Waals surface area contributed by atoms with Gasteiger partial charge in [0.15, 0.2) is 0 Å². The summed E-state index contributed by atoms with van der Waals surface area (Å²) >= 11 is 0. The zero-order valence-corrected chi connectivity index (χ0v) is 16.0. The summed E-state index contributed by atoms with van der Waals surface area (Å²) in [4.78, 5) is 16.3. The average molecular weight is 388 g/mol. The molecule has 0 radical (unpaired) electrons. The van der Waals surface area contributed by atoms with E-state index >= 15 is 0 Å². The molecule has 1 heterocycles. The van der Waals surface area contributed by atoms with Gasteiger partial charge in [0.25, 0.3) is 11.8 Å². The molecule has 0 aliphatic heterocycles. The van der Waals surface area contributed by atoms with Crippen LogP contribution in [0.1, 0.15) is 54.4 Å². The maximum absolute atomic E-state index is 13.4. The summed E-state index contributed by atoms with van der Waals surface area (Å²) in [5, 5.41) is 2.95. The van der Waals surface area contributed by atoms with Crippen molar-refractivity contribution < 1.29 is 18.3 Å². The van der Waals surface area contributed by atoms with Gasteiger partial charge in [-0.2, -0.15) is 8.78 Å². The number of amides is 1. The molecule has 1 aromatic heterocycles. The molecule has 28 heavy (non-hydrogen) atoms. The summed E-state index contributed by atoms with van der Waals surface area (Å²) in [7, 11) is 0. The van der Waals surface area contributed by atoms with Crippen molar-refractivity contribution in [3.05, 3.63) is 65.5 Å². The first-order chi connectivity index (χ1) is 13.4. The predicted molar refractivity (Wildman–Crippen MR) is 103 cm³/mol. The first-order valence-corrected chi connectivity index (χ1v) is 9.69. The highest BCUT2D eigenvalue weighted by Crippen LogP contribution is 2.26. The van der Waals surface area contributed by atoms with Crippen molar-refractivity contribution in [1.29, 1.82) is 0 Å². The molecule has 1 N–H and O–H groups in total. The van der Waals surface area contributed by atoms with E-state index in [0.717, 1.165) is 38.2 Å². The standard InChI is InChI=1S/C22H26F2N2O2/c1-22(23,24)20-12-6-11-19(26-20)21(27)25-18-10-5-9-17(13-18)15-28-14-16-7-3-2-4-8-16/h2-4,6-8,11-12,17-18H,5,9-10,13-15H2,1H3,(H,25,27). The Balaban J connectivity index is 1.50. The van der Waals surface area contributed by atoms with E-state index in [4.69, 9.17) is 4.74 Å². The number of halogens is 2. The Morgan fingerprint density at radius 1 is 1.18 bits per heavy atom. The molecular formula is C22H26F2N2O2. The van der Waals surface area contributed by atoms with Crippen LogP contribution in [-0.2, 0) is 17.3 Å². The van der Waals surface area contributed by atoms with Gasteiger partial charge in [-0.25, -0.2) is 4.98 Å². The van der Waals surface area contributed by atoms with Crippen molar-refractivity contribution in [3.63, 3.8) is 0 Å². The number of hydrogen-bond acceptors (Lipinski definition) is 3. The number of carbonyl (C=O) groups is 1. The molecule has 2 aromatic rings. The Morgan fingerprint density at radius 2 is 1.96 bits per heavy atom. The van der Waals surface area contributed by atoms with E-state index in [9.17, 15) is 13.6 Å². The molecule has 1 aliphatic carbocycles. The number of pyridine rings is 1. The second-order valence-corrected chi connectivity index (χ2v) is 7.50. The molecule has 150 valence electrons. The molecule has 1 saturated carbocycles. The molecule has 1 aliphatic rings. The lowest BCUT2D eigenvalue weighted by atomic mass is 9.86. The van der Waals surface area contributed by atoms with Crippen molar-refractivity contribution in [2.75, 3.05) is 6.61 Å². The topological polar surface area (TPSA) is 51.2 Å². The lowest BCUT2D eigenvalue weighted by Crippen LogP contribution is -2.39. The third-order valence-electron chi connectivity index (χ3n) is 5.01. The van der Waals surface area contributed by atoms with Crippen LogP contribution in [0.4, 0.5) is 8.78 Å². The van der Waals surface area contributed by atoms with Gasteiger partial charge in [0.1, 0.15) is 11.4 Å². The number of nitrogens with zero attached hydrogens (tertiary/aromatic N) is 1. The first kappa shape index (κ1) is 20.4. The third-order valence-corrected chi connectivity index (χ3v) is 5.01. The lowest BCUT2D eigenvalue weighted by molar-refractivity contribution is 0.0126. The van der Waals surface area contributed by atoms with Gasteiger partial charge in [-0.15, -0.1) is 0 Å². The van der Waals surface area contributed by atoms with Gasteiger partial charge in [0.05, 0.1) is 6.61 Å². The van der Waals surface area contributed by atoms with Crippen LogP contribution < -0.4 is 5.32 Å². The summed E-state index contributed by atoms with van der Waals surface area (Å²) in [5.41, 5.74) is 0.777. The second kappa shape index (κ2) is 9.24. The van der Waals surface area contributed by atoms with Gasteiger partial charge in [-0.05, 0) is 42.9 Å². The fourth-order valence-corrected chi connectivity index (χ4v) is 3.56. The van der Waals surface area contributed by atoms with Crippen molar-refractivity contribution in [3.8, 4) is 0 Å². The van der Waals surface area contributed by atoms with Crippen molar-refractivity contribution in [2.24, 2.45) is 5.92 Å². The van der Waals surface area contributed by atoms with Gasteiger partial charge in [0.2, 0.25) is 0 Å². The fraction of sp³-hybridized carbons (Fsp3) is 0.455. The molecule has 0 bridgehead atoms. The molecule has 2 unspecified atom stereocenters. The summed E-state index contributed by atoms with van der Waals surface area (Å²) in [6.07, 6.45) is 3.77. The molecular weight excluding hydrogens is 362 g/mol. The average Bonchev–Trinajstić information content (AvgIpc) is 2.68. The third kappa shape index (κ3) is 5.83. The van der Waals surface area contributed by atoms with Gasteiger partial charge >= 0.3 is 0 Å². The second-order valence-electron chi connectivity index (χ2n) is 7.50. The molecule has 0 saturated heterocycles. The summed E-state index contributed by atoms with van der Waals surface area (Å²) in [5.74, 6) is -3.09. The van der Waals surface area contributed by atoms with Crippen LogP contribution in [0, 0.1) is 5.92 Å². The zero-order valence-electron chi connectivity index (χ0n) is 16.0. The Morgan fingerprint density at radius 3 is 2.71 bits per heavy atom. The van der Waals surface area contributed by atoms with Gasteiger partial charge < -0.3 is 10.1 Å². The van der Waals surface area contributed by atoms with E-state index in [-0.39, 0.29) is 11.7 Å². The fourth-order valence-electron chi connectivity index (χ4n) is 3.56. The highest BCUT2D eigenvalue weighted by Gasteiger charge is 2.28. The molecule has 1 amide bonds. The number of rotatable bonds is 7. The van der Waals surface area contributed by atoms with Crippen LogP contribution in [0.3, 0.4) is 0 Å². The molecule has 6 heteroatoms. The number of alkyl halides is 2. The van der Waals surface area contributed by atoms with Crippen molar-refractivity contribution >= 4 is 5.91 Å².